The zero-order chi connectivity index (χ0) is 21.7. The second kappa shape index (κ2) is 9.72. The molecule has 158 valence electrons. The fraction of sp³-hybridized carbons (Fsp3) is 0.360. The van der Waals surface area contributed by atoms with Crippen molar-refractivity contribution in [1.29, 1.82) is 5.41 Å². The van der Waals surface area contributed by atoms with Gasteiger partial charge in [0.15, 0.2) is 0 Å². The van der Waals surface area contributed by atoms with Gasteiger partial charge in [-0.1, -0.05) is 66.8 Å². The minimum atomic E-state index is -0.0600. The first kappa shape index (κ1) is 21.8. The van der Waals surface area contributed by atoms with Crippen molar-refractivity contribution in [3.63, 3.8) is 0 Å². The SMILES string of the molecule is C=C/C=C(/Cn1c(=O)c2c(n(CC)c1=N)CCN(CC1=CC=CC=CC1)C2)C(=C)C. The number of hydrogen-bond acceptors (Lipinski definition) is 3. The molecule has 0 saturated heterocycles. The quantitative estimate of drug-likeness (QED) is 0.706. The third-order valence-corrected chi connectivity index (χ3v) is 5.74. The Morgan fingerprint density at radius 3 is 2.77 bits per heavy atom. The van der Waals surface area contributed by atoms with Gasteiger partial charge in [0.1, 0.15) is 0 Å². The Morgan fingerprint density at radius 1 is 1.27 bits per heavy atom. The van der Waals surface area contributed by atoms with E-state index in [2.05, 4.69) is 42.4 Å². The number of rotatable bonds is 7. The predicted octanol–water partition coefficient (Wildman–Crippen LogP) is 3.64. The van der Waals surface area contributed by atoms with E-state index >= 15 is 0 Å². The highest BCUT2D eigenvalue weighted by atomic mass is 16.1. The molecule has 1 N–H and O–H groups in total. The predicted molar refractivity (Wildman–Crippen MR) is 123 cm³/mol. The molecule has 0 radical (unpaired) electrons. The van der Waals surface area contributed by atoms with Crippen LogP contribution >= 0.6 is 0 Å². The molecule has 2 heterocycles. The molecule has 5 nitrogen and oxygen atoms in total. The van der Waals surface area contributed by atoms with E-state index < -0.39 is 0 Å². The Labute approximate surface area is 178 Å². The van der Waals surface area contributed by atoms with E-state index in [4.69, 9.17) is 5.41 Å². The van der Waals surface area contributed by atoms with Gasteiger partial charge in [-0.3, -0.25) is 19.7 Å². The fourth-order valence-electron chi connectivity index (χ4n) is 4.12. The average Bonchev–Trinajstić information content (AvgIpc) is 2.99. The van der Waals surface area contributed by atoms with E-state index in [-0.39, 0.29) is 11.2 Å². The van der Waals surface area contributed by atoms with Crippen LogP contribution in [0, 0.1) is 5.41 Å². The molecule has 0 bridgehead atoms. The lowest BCUT2D eigenvalue weighted by Crippen LogP contribution is -2.48. The Bertz CT molecular complexity index is 1080. The summed E-state index contributed by atoms with van der Waals surface area (Å²) in [6.07, 6.45) is 15.8. The Kier molecular flexibility index (Phi) is 7.06. The number of nitrogens with zero attached hydrogens (tertiary/aromatic N) is 3. The lowest BCUT2D eigenvalue weighted by Gasteiger charge is -2.31. The number of hydrogen-bond donors (Lipinski definition) is 1. The number of fused-ring (bicyclic) bond motifs is 1. The number of nitrogens with one attached hydrogen (secondary N) is 1. The zero-order valence-electron chi connectivity index (χ0n) is 18.2. The molecule has 0 unspecified atom stereocenters. The molecule has 1 aliphatic heterocycles. The van der Waals surface area contributed by atoms with Crippen LogP contribution in [-0.4, -0.2) is 27.1 Å². The van der Waals surface area contributed by atoms with Crippen molar-refractivity contribution in [1.82, 2.24) is 14.0 Å². The van der Waals surface area contributed by atoms with Crippen molar-refractivity contribution in [2.24, 2.45) is 0 Å². The van der Waals surface area contributed by atoms with E-state index in [0.717, 1.165) is 48.3 Å². The minimum absolute atomic E-state index is 0.0600. The molecule has 1 aromatic heterocycles. The highest BCUT2D eigenvalue weighted by molar-refractivity contribution is 5.30. The molecule has 0 aromatic carbocycles. The van der Waals surface area contributed by atoms with Crippen LogP contribution in [0.25, 0.3) is 0 Å². The molecule has 2 aliphatic rings. The normalized spacial score (nSPS) is 16.7. The number of allylic oxidation sites excluding steroid dienone is 9. The van der Waals surface area contributed by atoms with E-state index in [1.807, 2.05) is 30.6 Å². The topological polar surface area (TPSA) is 54.0 Å². The summed E-state index contributed by atoms with van der Waals surface area (Å²) in [7, 11) is 0. The second-order valence-corrected chi connectivity index (χ2v) is 7.90. The monoisotopic (exact) mass is 404 g/mol. The molecule has 1 aliphatic carbocycles. The molecule has 1 aromatic rings. The fourth-order valence-corrected chi connectivity index (χ4v) is 4.12. The molecule has 3 rings (SSSR count). The van der Waals surface area contributed by atoms with Gasteiger partial charge in [0.2, 0.25) is 5.62 Å². The molecular weight excluding hydrogens is 372 g/mol. The van der Waals surface area contributed by atoms with E-state index in [1.54, 1.807) is 10.6 Å². The smallest absolute Gasteiger partial charge is 0.259 e. The largest absolute Gasteiger partial charge is 0.316 e. The van der Waals surface area contributed by atoms with Gasteiger partial charge in [0.05, 0.1) is 12.1 Å². The third kappa shape index (κ3) is 4.62. The summed E-state index contributed by atoms with van der Waals surface area (Å²) in [5.41, 5.74) is 5.17. The van der Waals surface area contributed by atoms with Crippen LogP contribution in [0.1, 0.15) is 31.5 Å². The Balaban J connectivity index is 1.98. The van der Waals surface area contributed by atoms with Crippen molar-refractivity contribution in [3.8, 4) is 0 Å². The lowest BCUT2D eigenvalue weighted by atomic mass is 10.0. The molecule has 0 spiro atoms. The standard InChI is InChI=1S/C25H32N4O/c1-5-11-21(19(3)4)17-29-24(30)22-18-27(16-20-12-9-7-8-10-13-20)15-14-23(22)28(6-2)25(29)26/h5,7-12,26H,1,3,6,13-18H2,2,4H3/b21-11-,26-25?. The average molecular weight is 405 g/mol. The van der Waals surface area contributed by atoms with Crippen molar-refractivity contribution < 1.29 is 0 Å². The first-order valence-electron chi connectivity index (χ1n) is 10.6. The zero-order valence-corrected chi connectivity index (χ0v) is 18.2. The van der Waals surface area contributed by atoms with Gasteiger partial charge >= 0.3 is 0 Å². The maximum Gasteiger partial charge on any atom is 0.259 e. The lowest BCUT2D eigenvalue weighted by molar-refractivity contribution is 0.262. The van der Waals surface area contributed by atoms with Gasteiger partial charge in [-0.15, -0.1) is 0 Å². The Morgan fingerprint density at radius 2 is 2.07 bits per heavy atom. The van der Waals surface area contributed by atoms with Crippen LogP contribution in [0.5, 0.6) is 0 Å². The summed E-state index contributed by atoms with van der Waals surface area (Å²) >= 11 is 0. The second-order valence-electron chi connectivity index (χ2n) is 7.90. The van der Waals surface area contributed by atoms with Crippen molar-refractivity contribution in [3.05, 3.63) is 99.6 Å². The summed E-state index contributed by atoms with van der Waals surface area (Å²) in [6, 6.07) is 0. The Hall–Kier alpha value is -2.92. The van der Waals surface area contributed by atoms with E-state index in [1.165, 1.54) is 5.57 Å². The van der Waals surface area contributed by atoms with Gasteiger partial charge in [-0.2, -0.15) is 0 Å². The number of aromatic nitrogens is 2. The highest BCUT2D eigenvalue weighted by Crippen LogP contribution is 2.18. The van der Waals surface area contributed by atoms with Gasteiger partial charge in [-0.25, -0.2) is 0 Å². The molecule has 0 fully saturated rings. The summed E-state index contributed by atoms with van der Waals surface area (Å²) in [4.78, 5) is 15.8. The van der Waals surface area contributed by atoms with Crippen molar-refractivity contribution in [2.45, 2.75) is 46.3 Å². The molecular formula is C25H32N4O. The van der Waals surface area contributed by atoms with Crippen LogP contribution < -0.4 is 11.2 Å². The van der Waals surface area contributed by atoms with Gasteiger partial charge in [-0.05, 0) is 25.8 Å². The van der Waals surface area contributed by atoms with Crippen molar-refractivity contribution in [2.75, 3.05) is 13.1 Å². The van der Waals surface area contributed by atoms with E-state index in [9.17, 15) is 4.79 Å². The summed E-state index contributed by atoms with van der Waals surface area (Å²) < 4.78 is 3.56. The van der Waals surface area contributed by atoms with Crippen LogP contribution in [0.4, 0.5) is 0 Å². The van der Waals surface area contributed by atoms with Gasteiger partial charge < -0.3 is 4.57 Å². The molecule has 0 amide bonds. The summed E-state index contributed by atoms with van der Waals surface area (Å²) in [5, 5.41) is 8.68. The summed E-state index contributed by atoms with van der Waals surface area (Å²) in [6.45, 7) is 15.1. The van der Waals surface area contributed by atoms with Gasteiger partial charge in [0, 0.05) is 38.3 Å². The molecule has 5 heteroatoms. The summed E-state index contributed by atoms with van der Waals surface area (Å²) in [5.74, 6) is 0. The van der Waals surface area contributed by atoms with Gasteiger partial charge in [0.25, 0.3) is 5.56 Å². The van der Waals surface area contributed by atoms with Crippen LogP contribution in [-0.2, 0) is 26.1 Å². The maximum absolute atomic E-state index is 13.4. The van der Waals surface area contributed by atoms with Crippen molar-refractivity contribution >= 4 is 0 Å². The minimum Gasteiger partial charge on any atom is -0.316 e. The first-order chi connectivity index (χ1) is 14.5. The molecule has 0 atom stereocenters. The first-order valence-corrected chi connectivity index (χ1v) is 10.6. The molecule has 30 heavy (non-hydrogen) atoms. The van der Waals surface area contributed by atoms with Crippen LogP contribution in [0.3, 0.4) is 0 Å². The maximum atomic E-state index is 13.4. The highest BCUT2D eigenvalue weighted by Gasteiger charge is 2.24. The third-order valence-electron chi connectivity index (χ3n) is 5.74. The molecule has 0 saturated carbocycles. The van der Waals surface area contributed by atoms with E-state index in [0.29, 0.717) is 19.6 Å². The van der Waals surface area contributed by atoms with Crippen LogP contribution in [0.2, 0.25) is 0 Å². The van der Waals surface area contributed by atoms with Crippen LogP contribution in [0.15, 0.2) is 77.2 Å².